The van der Waals surface area contributed by atoms with Gasteiger partial charge in [0.1, 0.15) is 0 Å². The molecule has 0 saturated carbocycles. The van der Waals surface area contributed by atoms with Crippen LogP contribution in [0.25, 0.3) is 0 Å². The van der Waals surface area contributed by atoms with Crippen LogP contribution in [0.2, 0.25) is 5.15 Å². The van der Waals surface area contributed by atoms with Gasteiger partial charge in [0.25, 0.3) is 5.91 Å². The number of carbonyl (C=O) groups excluding carboxylic acids is 2. The first-order valence-electron chi connectivity index (χ1n) is 6.29. The molecule has 1 amide bonds. The van der Waals surface area contributed by atoms with E-state index in [4.69, 9.17) is 16.3 Å². The number of hydrogen-bond donors (Lipinski definition) is 1. The Balaban J connectivity index is 2.01. The topological polar surface area (TPSA) is 95.2 Å². The quantitative estimate of drug-likeness (QED) is 0.399. The fraction of sp³-hybridized carbons (Fsp3) is 0.143. The Labute approximate surface area is 131 Å². The third-order valence-corrected chi connectivity index (χ3v) is 3.00. The van der Waals surface area contributed by atoms with Crippen LogP contribution in [0.15, 0.2) is 42.7 Å². The maximum Gasteiger partial charge on any atom is 0.405 e. The van der Waals surface area contributed by atoms with E-state index in [1.165, 1.54) is 31.3 Å². The Morgan fingerprint density at radius 3 is 2.82 bits per heavy atom. The lowest BCUT2D eigenvalue weighted by molar-refractivity contribution is -0.608. The maximum atomic E-state index is 12.0. The summed E-state index contributed by atoms with van der Waals surface area (Å²) in [7, 11) is 0. The average Bonchev–Trinajstić information content (AvgIpc) is 2.49. The summed E-state index contributed by atoms with van der Waals surface area (Å²) in [6.45, 7) is 1.38. The van der Waals surface area contributed by atoms with Crippen LogP contribution in [0.1, 0.15) is 17.4 Å². The number of ether oxygens (including phenoxy) is 1. The molecule has 0 aromatic carbocycles. The van der Waals surface area contributed by atoms with Gasteiger partial charge in [-0.25, -0.2) is 9.78 Å². The van der Waals surface area contributed by atoms with E-state index in [1.807, 2.05) is 0 Å². The van der Waals surface area contributed by atoms with Crippen LogP contribution < -0.4 is 10.0 Å². The fourth-order valence-electron chi connectivity index (χ4n) is 1.57. The number of aromatic nitrogens is 2. The highest BCUT2D eigenvalue weighted by Crippen LogP contribution is 2.17. The zero-order valence-corrected chi connectivity index (χ0v) is 12.3. The minimum absolute atomic E-state index is 0.120. The van der Waals surface area contributed by atoms with E-state index in [0.717, 1.165) is 6.20 Å². The third kappa shape index (κ3) is 3.70. The van der Waals surface area contributed by atoms with Gasteiger partial charge in [0.15, 0.2) is 17.5 Å². The van der Waals surface area contributed by atoms with Gasteiger partial charge in [-0.2, -0.15) is 4.73 Å². The number of esters is 1. The van der Waals surface area contributed by atoms with Crippen LogP contribution in [0, 0.1) is 5.21 Å². The van der Waals surface area contributed by atoms with Gasteiger partial charge in [-0.3, -0.25) is 4.79 Å². The van der Waals surface area contributed by atoms with Crippen molar-refractivity contribution in [3.05, 3.63) is 58.8 Å². The Morgan fingerprint density at radius 1 is 1.36 bits per heavy atom. The first-order valence-corrected chi connectivity index (χ1v) is 6.67. The molecule has 2 heterocycles. The Morgan fingerprint density at radius 2 is 2.14 bits per heavy atom. The summed E-state index contributed by atoms with van der Waals surface area (Å²) in [5.74, 6) is -1.48. The van der Waals surface area contributed by atoms with Crippen molar-refractivity contribution in [2.24, 2.45) is 0 Å². The van der Waals surface area contributed by atoms with Crippen molar-refractivity contribution in [3.8, 4) is 0 Å². The molecule has 0 radical (unpaired) electrons. The van der Waals surface area contributed by atoms with E-state index in [9.17, 15) is 14.8 Å². The first kappa shape index (κ1) is 15.7. The molecule has 2 aromatic heterocycles. The van der Waals surface area contributed by atoms with Gasteiger partial charge in [0, 0.05) is 18.3 Å². The number of hydrogen-bond acceptors (Lipinski definition) is 5. The first-order chi connectivity index (χ1) is 10.5. The molecule has 8 heteroatoms. The summed E-state index contributed by atoms with van der Waals surface area (Å²) >= 11 is 5.82. The number of anilines is 1. The van der Waals surface area contributed by atoms with Crippen molar-refractivity contribution in [2.45, 2.75) is 13.0 Å². The zero-order valence-electron chi connectivity index (χ0n) is 11.5. The molecule has 0 saturated heterocycles. The second kappa shape index (κ2) is 6.86. The molecule has 0 aliphatic carbocycles. The number of carbonyl (C=O) groups is 2. The second-order valence-electron chi connectivity index (χ2n) is 4.29. The summed E-state index contributed by atoms with van der Waals surface area (Å²) < 4.78 is 5.32. The molecular formula is C14H12ClN3O4. The second-order valence-corrected chi connectivity index (χ2v) is 4.65. The van der Waals surface area contributed by atoms with Gasteiger partial charge in [-0.1, -0.05) is 11.6 Å². The van der Waals surface area contributed by atoms with Gasteiger partial charge in [-0.15, -0.1) is 0 Å². The van der Waals surface area contributed by atoms with Crippen molar-refractivity contribution in [3.63, 3.8) is 0 Å². The lowest BCUT2D eigenvalue weighted by Crippen LogP contribution is -2.37. The highest BCUT2D eigenvalue weighted by molar-refractivity contribution is 6.32. The molecular weight excluding hydrogens is 310 g/mol. The minimum Gasteiger partial charge on any atom is -0.618 e. The van der Waals surface area contributed by atoms with E-state index in [2.05, 4.69) is 10.3 Å². The van der Waals surface area contributed by atoms with Crippen molar-refractivity contribution in [1.29, 1.82) is 0 Å². The third-order valence-electron chi connectivity index (χ3n) is 2.70. The molecule has 114 valence electrons. The molecule has 1 atom stereocenters. The number of amides is 1. The lowest BCUT2D eigenvalue weighted by Gasteiger charge is -2.13. The molecule has 1 N–H and O–H groups in total. The molecule has 0 aliphatic heterocycles. The summed E-state index contributed by atoms with van der Waals surface area (Å²) in [5.41, 5.74) is 0.0947. The van der Waals surface area contributed by atoms with Gasteiger partial charge >= 0.3 is 11.7 Å². The van der Waals surface area contributed by atoms with Crippen LogP contribution in [0.3, 0.4) is 0 Å². The summed E-state index contributed by atoms with van der Waals surface area (Å²) in [6.07, 6.45) is 1.53. The smallest absolute Gasteiger partial charge is 0.405 e. The minimum atomic E-state index is -1.11. The largest absolute Gasteiger partial charge is 0.618 e. The summed E-state index contributed by atoms with van der Waals surface area (Å²) in [4.78, 5) is 27.6. The normalized spacial score (nSPS) is 11.5. The fourth-order valence-corrected chi connectivity index (χ4v) is 1.74. The standard InChI is InChI=1S/C14H12ClN3O4/c1-9(13(19)17-10-5-4-7-16-12(10)15)22-14(20)11-6-2-3-8-18(11)21/h2-9H,1H3,(H,17,19)/t9-/m0/s1. The predicted molar refractivity (Wildman–Crippen MR) is 78.2 cm³/mol. The highest BCUT2D eigenvalue weighted by Gasteiger charge is 2.24. The zero-order chi connectivity index (χ0) is 16.1. The number of rotatable bonds is 4. The van der Waals surface area contributed by atoms with Crippen LogP contribution in [0.5, 0.6) is 0 Å². The monoisotopic (exact) mass is 321 g/mol. The van der Waals surface area contributed by atoms with Crippen LogP contribution in [-0.2, 0) is 9.53 Å². The van der Waals surface area contributed by atoms with E-state index in [1.54, 1.807) is 12.1 Å². The van der Waals surface area contributed by atoms with Crippen LogP contribution in [-0.4, -0.2) is 23.0 Å². The predicted octanol–water partition coefficient (Wildman–Crippen LogP) is 1.55. The molecule has 0 aliphatic rings. The van der Waals surface area contributed by atoms with E-state index < -0.39 is 18.0 Å². The van der Waals surface area contributed by atoms with Gasteiger partial charge in [0.05, 0.1) is 5.69 Å². The van der Waals surface area contributed by atoms with E-state index in [0.29, 0.717) is 10.4 Å². The van der Waals surface area contributed by atoms with Crippen molar-refractivity contribution in [2.75, 3.05) is 5.32 Å². The molecule has 2 rings (SSSR count). The SMILES string of the molecule is C[C@H](OC(=O)c1cccc[n+]1[O-])C(=O)Nc1cccnc1Cl. The average molecular weight is 322 g/mol. The van der Waals surface area contributed by atoms with Crippen molar-refractivity contribution < 1.29 is 19.1 Å². The summed E-state index contributed by atoms with van der Waals surface area (Å²) in [6, 6.07) is 7.46. The van der Waals surface area contributed by atoms with Crippen molar-refractivity contribution >= 4 is 29.2 Å². The number of nitrogens with zero attached hydrogens (tertiary/aromatic N) is 2. The maximum absolute atomic E-state index is 12.0. The van der Waals surface area contributed by atoms with Crippen molar-refractivity contribution in [1.82, 2.24) is 4.98 Å². The summed E-state index contributed by atoms with van der Waals surface area (Å²) in [5, 5.41) is 14.0. The molecule has 0 unspecified atom stereocenters. The van der Waals surface area contributed by atoms with Gasteiger partial charge in [0.2, 0.25) is 0 Å². The molecule has 7 nitrogen and oxygen atoms in total. The van der Waals surface area contributed by atoms with E-state index >= 15 is 0 Å². The molecule has 0 fully saturated rings. The highest BCUT2D eigenvalue weighted by atomic mass is 35.5. The molecule has 0 spiro atoms. The van der Waals surface area contributed by atoms with Gasteiger partial charge < -0.3 is 15.3 Å². The number of nitrogens with one attached hydrogen (secondary N) is 1. The molecule has 2 aromatic rings. The van der Waals surface area contributed by atoms with Crippen LogP contribution in [0.4, 0.5) is 5.69 Å². The Hall–Kier alpha value is -2.67. The van der Waals surface area contributed by atoms with Crippen LogP contribution >= 0.6 is 11.6 Å². The lowest BCUT2D eigenvalue weighted by atomic mass is 10.3. The van der Waals surface area contributed by atoms with E-state index in [-0.39, 0.29) is 10.8 Å². The molecule has 0 bridgehead atoms. The van der Waals surface area contributed by atoms with Gasteiger partial charge in [-0.05, 0) is 25.1 Å². The Bertz CT molecular complexity index is 708. The number of halogens is 1. The Kier molecular flexibility index (Phi) is 4.90. The number of pyridine rings is 2. The molecule has 22 heavy (non-hydrogen) atoms.